The third-order valence-corrected chi connectivity index (χ3v) is 3.93. The fourth-order valence-corrected chi connectivity index (χ4v) is 3.05. The van der Waals surface area contributed by atoms with Gasteiger partial charge in [0.15, 0.2) is 0 Å². The topological polar surface area (TPSA) is 29.9 Å². The van der Waals surface area contributed by atoms with Crippen molar-refractivity contribution in [2.75, 3.05) is 13.6 Å². The molecule has 0 aliphatic heterocycles. The van der Waals surface area contributed by atoms with Crippen LogP contribution in [0.4, 0.5) is 0 Å². The van der Waals surface area contributed by atoms with Gasteiger partial charge >= 0.3 is 0 Å². The molecular weight excluding hydrogens is 246 g/mol. The van der Waals surface area contributed by atoms with Gasteiger partial charge in [0, 0.05) is 17.8 Å². The summed E-state index contributed by atoms with van der Waals surface area (Å²) >= 11 is 0. The summed E-state index contributed by atoms with van der Waals surface area (Å²) < 4.78 is 2.09. The number of benzene rings is 1. The van der Waals surface area contributed by atoms with Crippen LogP contribution in [-0.4, -0.2) is 23.4 Å². The van der Waals surface area contributed by atoms with E-state index in [4.69, 9.17) is 5.10 Å². The van der Waals surface area contributed by atoms with Gasteiger partial charge in [-0.15, -0.1) is 0 Å². The van der Waals surface area contributed by atoms with Gasteiger partial charge in [-0.05, 0) is 52.3 Å². The van der Waals surface area contributed by atoms with Crippen molar-refractivity contribution in [3.8, 4) is 5.69 Å². The van der Waals surface area contributed by atoms with Gasteiger partial charge in [-0.1, -0.05) is 24.6 Å². The van der Waals surface area contributed by atoms with E-state index < -0.39 is 0 Å². The van der Waals surface area contributed by atoms with Gasteiger partial charge < -0.3 is 5.32 Å². The molecule has 1 heterocycles. The monoisotopic (exact) mass is 271 g/mol. The Morgan fingerprint density at radius 2 is 1.90 bits per heavy atom. The Kier molecular flexibility index (Phi) is 4.29. The second kappa shape index (κ2) is 5.80. The fraction of sp³-hybridized carbons (Fsp3) is 0.471. The molecule has 0 saturated carbocycles. The van der Waals surface area contributed by atoms with Gasteiger partial charge in [-0.3, -0.25) is 0 Å². The lowest BCUT2D eigenvalue weighted by Crippen LogP contribution is -2.15. The van der Waals surface area contributed by atoms with E-state index in [1.807, 2.05) is 7.05 Å². The van der Waals surface area contributed by atoms with Crippen molar-refractivity contribution in [1.29, 1.82) is 0 Å². The van der Waals surface area contributed by atoms with Gasteiger partial charge in [-0.2, -0.15) is 5.10 Å². The highest BCUT2D eigenvalue weighted by molar-refractivity contribution is 5.45. The van der Waals surface area contributed by atoms with Crippen LogP contribution in [0.15, 0.2) is 18.2 Å². The normalized spacial score (nSPS) is 12.7. The Morgan fingerprint density at radius 1 is 1.20 bits per heavy atom. The number of likely N-dealkylation sites (N-methyl/N-ethyl adjacent to an activating group) is 1. The fourth-order valence-electron chi connectivity index (χ4n) is 3.05. The van der Waals surface area contributed by atoms with Gasteiger partial charge in [0.1, 0.15) is 0 Å². The molecule has 1 unspecified atom stereocenters. The molecule has 0 spiro atoms. The van der Waals surface area contributed by atoms with E-state index in [9.17, 15) is 0 Å². The van der Waals surface area contributed by atoms with E-state index in [2.05, 4.69) is 62.8 Å². The minimum Gasteiger partial charge on any atom is -0.319 e. The SMILES string of the molecule is CNCC(C)c1c(C)nn(-c2ccc(C)cc2C)c1C. The Labute approximate surface area is 122 Å². The second-order valence-corrected chi connectivity index (χ2v) is 5.74. The van der Waals surface area contributed by atoms with Crippen molar-refractivity contribution < 1.29 is 0 Å². The maximum absolute atomic E-state index is 4.76. The zero-order valence-electron chi connectivity index (χ0n) is 13.4. The molecule has 20 heavy (non-hydrogen) atoms. The van der Waals surface area contributed by atoms with Gasteiger partial charge in [0.2, 0.25) is 0 Å². The lowest BCUT2D eigenvalue weighted by Gasteiger charge is -2.13. The van der Waals surface area contributed by atoms with Gasteiger partial charge in [0.25, 0.3) is 0 Å². The maximum Gasteiger partial charge on any atom is 0.0678 e. The van der Waals surface area contributed by atoms with Crippen LogP contribution in [0.5, 0.6) is 0 Å². The summed E-state index contributed by atoms with van der Waals surface area (Å²) in [5.74, 6) is 0.472. The van der Waals surface area contributed by atoms with Crippen molar-refractivity contribution >= 4 is 0 Å². The highest BCUT2D eigenvalue weighted by atomic mass is 15.3. The first-order valence-electron chi connectivity index (χ1n) is 7.24. The summed E-state index contributed by atoms with van der Waals surface area (Å²) in [6, 6.07) is 6.52. The minimum absolute atomic E-state index is 0.472. The van der Waals surface area contributed by atoms with Crippen LogP contribution < -0.4 is 5.32 Å². The summed E-state index contributed by atoms with van der Waals surface area (Å²) in [5, 5.41) is 8.01. The zero-order valence-corrected chi connectivity index (χ0v) is 13.4. The van der Waals surface area contributed by atoms with Crippen LogP contribution in [0.3, 0.4) is 0 Å². The minimum atomic E-state index is 0.472. The van der Waals surface area contributed by atoms with Crippen molar-refractivity contribution in [1.82, 2.24) is 15.1 Å². The quantitative estimate of drug-likeness (QED) is 0.923. The molecule has 0 bridgehead atoms. The van der Waals surface area contributed by atoms with Crippen molar-refractivity contribution in [3.05, 3.63) is 46.3 Å². The van der Waals surface area contributed by atoms with Gasteiger partial charge in [-0.25, -0.2) is 4.68 Å². The maximum atomic E-state index is 4.76. The molecule has 0 aliphatic carbocycles. The summed E-state index contributed by atoms with van der Waals surface area (Å²) in [6.45, 7) is 11.8. The molecule has 0 saturated heterocycles. The Balaban J connectivity index is 2.51. The van der Waals surface area contributed by atoms with Crippen molar-refractivity contribution in [2.45, 2.75) is 40.5 Å². The average molecular weight is 271 g/mol. The average Bonchev–Trinajstić information content (AvgIpc) is 2.65. The summed E-state index contributed by atoms with van der Waals surface area (Å²) in [7, 11) is 2.00. The molecule has 0 fully saturated rings. The molecule has 1 aromatic carbocycles. The molecule has 0 radical (unpaired) electrons. The summed E-state index contributed by atoms with van der Waals surface area (Å²) in [4.78, 5) is 0. The molecule has 3 nitrogen and oxygen atoms in total. The Bertz CT molecular complexity index is 611. The molecule has 0 amide bonds. The molecular formula is C17H25N3. The second-order valence-electron chi connectivity index (χ2n) is 5.74. The van der Waals surface area contributed by atoms with Crippen LogP contribution in [-0.2, 0) is 0 Å². The molecule has 2 rings (SSSR count). The van der Waals surface area contributed by atoms with E-state index in [1.165, 1.54) is 28.1 Å². The number of hydrogen-bond acceptors (Lipinski definition) is 2. The van der Waals surface area contributed by atoms with Crippen molar-refractivity contribution in [2.24, 2.45) is 0 Å². The van der Waals surface area contributed by atoms with E-state index in [-0.39, 0.29) is 0 Å². The molecule has 3 heteroatoms. The van der Waals surface area contributed by atoms with Crippen LogP contribution >= 0.6 is 0 Å². The van der Waals surface area contributed by atoms with E-state index in [0.717, 1.165) is 12.2 Å². The van der Waals surface area contributed by atoms with Gasteiger partial charge in [0.05, 0.1) is 11.4 Å². The highest BCUT2D eigenvalue weighted by Crippen LogP contribution is 2.26. The van der Waals surface area contributed by atoms with Crippen LogP contribution in [0.1, 0.15) is 40.9 Å². The Hall–Kier alpha value is -1.61. The van der Waals surface area contributed by atoms with Crippen LogP contribution in [0.25, 0.3) is 5.69 Å². The summed E-state index contributed by atoms with van der Waals surface area (Å²) in [5.41, 5.74) is 7.47. The molecule has 108 valence electrons. The zero-order chi connectivity index (χ0) is 14.9. The number of nitrogens with one attached hydrogen (secondary N) is 1. The third kappa shape index (κ3) is 2.63. The lowest BCUT2D eigenvalue weighted by atomic mass is 9.99. The number of hydrogen-bond donors (Lipinski definition) is 1. The first-order valence-corrected chi connectivity index (χ1v) is 7.24. The molecule has 0 aliphatic rings. The lowest BCUT2D eigenvalue weighted by molar-refractivity contribution is 0.670. The Morgan fingerprint density at radius 3 is 2.50 bits per heavy atom. The number of rotatable bonds is 4. The molecule has 1 N–H and O–H groups in total. The number of aryl methyl sites for hydroxylation is 3. The van der Waals surface area contributed by atoms with E-state index >= 15 is 0 Å². The van der Waals surface area contributed by atoms with E-state index in [0.29, 0.717) is 5.92 Å². The first kappa shape index (κ1) is 14.8. The first-order chi connectivity index (χ1) is 9.45. The third-order valence-electron chi connectivity index (χ3n) is 3.93. The molecule has 2 aromatic rings. The number of nitrogens with zero attached hydrogens (tertiary/aromatic N) is 2. The largest absolute Gasteiger partial charge is 0.319 e. The summed E-state index contributed by atoms with van der Waals surface area (Å²) in [6.07, 6.45) is 0. The molecule has 1 atom stereocenters. The van der Waals surface area contributed by atoms with Crippen molar-refractivity contribution in [3.63, 3.8) is 0 Å². The predicted octanol–water partition coefficient (Wildman–Crippen LogP) is 3.43. The molecule has 1 aromatic heterocycles. The van der Waals surface area contributed by atoms with Crippen LogP contribution in [0.2, 0.25) is 0 Å². The van der Waals surface area contributed by atoms with E-state index in [1.54, 1.807) is 0 Å². The number of aromatic nitrogens is 2. The van der Waals surface area contributed by atoms with Crippen LogP contribution in [0, 0.1) is 27.7 Å². The predicted molar refractivity (Wildman–Crippen MR) is 84.9 cm³/mol. The smallest absolute Gasteiger partial charge is 0.0678 e. The highest BCUT2D eigenvalue weighted by Gasteiger charge is 2.18. The standard InChI is InChI=1S/C17H25N3/c1-11-7-8-16(12(2)9-11)20-15(5)17(14(4)19-20)13(3)10-18-6/h7-9,13,18H,10H2,1-6H3.